The van der Waals surface area contributed by atoms with Crippen molar-refractivity contribution in [1.29, 1.82) is 0 Å². The first kappa shape index (κ1) is 40.0. The highest BCUT2D eigenvalue weighted by Crippen LogP contribution is 2.45. The van der Waals surface area contributed by atoms with E-state index in [0.29, 0.717) is 6.42 Å². The molecule has 2 aromatic rings. The predicted octanol–water partition coefficient (Wildman–Crippen LogP) is 2.52. The van der Waals surface area contributed by atoms with Crippen LogP contribution in [0.5, 0.6) is 0 Å². The molecule has 4 rings (SSSR count). The van der Waals surface area contributed by atoms with Gasteiger partial charge in [0, 0.05) is 32.1 Å². The topological polar surface area (TPSA) is 191 Å². The second-order valence-corrected chi connectivity index (χ2v) is 19.3. The zero-order valence-corrected chi connectivity index (χ0v) is 32.2. The van der Waals surface area contributed by atoms with Crippen molar-refractivity contribution in [3.63, 3.8) is 0 Å². The molecule has 2 fully saturated rings. The highest BCUT2D eigenvalue weighted by Gasteiger charge is 2.61. The molecule has 1 saturated heterocycles. The number of benzene rings is 1. The molecule has 2 heterocycles. The van der Waals surface area contributed by atoms with Gasteiger partial charge in [-0.1, -0.05) is 65.0 Å². The third-order valence-electron chi connectivity index (χ3n) is 9.57. The number of urea groups is 1. The number of sulfonamides is 2. The summed E-state index contributed by atoms with van der Waals surface area (Å²) in [7, 11) is -6.55. The fourth-order valence-corrected chi connectivity index (χ4v) is 9.70. The third kappa shape index (κ3) is 8.99. The smallest absolute Gasteiger partial charge is 0.315 e. The van der Waals surface area contributed by atoms with E-state index in [1.54, 1.807) is 17.5 Å². The van der Waals surface area contributed by atoms with Crippen LogP contribution in [0.25, 0.3) is 0 Å². The molecular formula is C34H48N6O8S3. The van der Waals surface area contributed by atoms with Gasteiger partial charge in [-0.05, 0) is 53.7 Å². The highest BCUT2D eigenvalue weighted by molar-refractivity contribution is 7.91. The summed E-state index contributed by atoms with van der Waals surface area (Å²) < 4.78 is 55.4. The molecular weight excluding hydrogens is 717 g/mol. The minimum absolute atomic E-state index is 0.0246. The molecule has 2 aliphatic rings. The van der Waals surface area contributed by atoms with E-state index in [0.717, 1.165) is 11.3 Å². The molecule has 1 aromatic heterocycles. The van der Waals surface area contributed by atoms with Gasteiger partial charge < -0.3 is 20.9 Å². The summed E-state index contributed by atoms with van der Waals surface area (Å²) in [5.74, 6) is -2.87. The van der Waals surface area contributed by atoms with Crippen LogP contribution in [-0.4, -0.2) is 94.1 Å². The van der Waals surface area contributed by atoms with Crippen LogP contribution in [0.4, 0.5) is 4.79 Å². The predicted molar refractivity (Wildman–Crippen MR) is 193 cm³/mol. The van der Waals surface area contributed by atoms with E-state index in [2.05, 4.69) is 27.3 Å². The van der Waals surface area contributed by atoms with Crippen LogP contribution in [0, 0.1) is 23.2 Å². The van der Waals surface area contributed by atoms with Crippen molar-refractivity contribution in [3.8, 4) is 0 Å². The summed E-state index contributed by atoms with van der Waals surface area (Å²) in [6, 6.07) is 8.24. The number of thiophene rings is 1. The minimum atomic E-state index is -4.22. The average molecular weight is 765 g/mol. The number of hydrogen-bond donors (Lipinski definition) is 4. The van der Waals surface area contributed by atoms with Gasteiger partial charge in [0.1, 0.15) is 15.8 Å². The molecule has 1 saturated carbocycles. The van der Waals surface area contributed by atoms with E-state index >= 15 is 0 Å². The maximum atomic E-state index is 14.0. The van der Waals surface area contributed by atoms with E-state index in [1.807, 2.05) is 34.6 Å². The normalized spacial score (nSPS) is 22.7. The van der Waals surface area contributed by atoms with Gasteiger partial charge in [-0.15, -0.1) is 17.9 Å². The van der Waals surface area contributed by atoms with Crippen molar-refractivity contribution in [2.24, 2.45) is 23.2 Å². The Morgan fingerprint density at radius 2 is 1.75 bits per heavy atom. The molecule has 1 aliphatic heterocycles. The first-order valence-electron chi connectivity index (χ1n) is 16.6. The first-order chi connectivity index (χ1) is 23.7. The zero-order valence-electron chi connectivity index (χ0n) is 29.7. The monoisotopic (exact) mass is 764 g/mol. The number of nitrogens with one attached hydrogen (secondary N) is 4. The number of hydrogen-bond acceptors (Lipinski definition) is 9. The van der Waals surface area contributed by atoms with Crippen LogP contribution in [0.3, 0.4) is 0 Å². The largest absolute Gasteiger partial charge is 0.339 e. The Balaban J connectivity index is 1.43. The van der Waals surface area contributed by atoms with E-state index < -0.39 is 79.3 Å². The molecule has 0 bridgehead atoms. The molecule has 1 aromatic carbocycles. The third-order valence-corrected chi connectivity index (χ3v) is 14.1. The van der Waals surface area contributed by atoms with Crippen molar-refractivity contribution in [2.45, 2.75) is 74.2 Å². The fraction of sp³-hybridized carbons (Fsp3) is 0.529. The number of carbonyl (C=O) groups excluding carboxylic acids is 4. The van der Waals surface area contributed by atoms with Crippen LogP contribution in [-0.2, 0) is 34.4 Å². The van der Waals surface area contributed by atoms with Gasteiger partial charge in [0.15, 0.2) is 0 Å². The second-order valence-electron chi connectivity index (χ2n) is 14.4. The van der Waals surface area contributed by atoms with E-state index in [1.165, 1.54) is 52.7 Å². The Morgan fingerprint density at radius 3 is 2.29 bits per heavy atom. The Hall–Kier alpha value is -3.80. The van der Waals surface area contributed by atoms with Gasteiger partial charge in [0.05, 0.1) is 11.4 Å². The zero-order chi connectivity index (χ0) is 37.9. The number of amides is 5. The average Bonchev–Trinajstić information content (AvgIpc) is 3.39. The lowest BCUT2D eigenvalue weighted by Crippen LogP contribution is -2.59. The van der Waals surface area contributed by atoms with Crippen LogP contribution in [0.2, 0.25) is 0 Å². The first-order valence-corrected chi connectivity index (χ1v) is 20.5. The van der Waals surface area contributed by atoms with Gasteiger partial charge >= 0.3 is 6.03 Å². The lowest BCUT2D eigenvalue weighted by Gasteiger charge is -2.34. The molecule has 14 nitrogen and oxygen atoms in total. The SMILES string of the molecule is C=CC1C[C@]1(NC(=O)C1[C@@H](C(C)C)CCN1C(=O)CNC(=O)NC(CN(C)S(=O)(=O)c1cccs1)C(C)(C)C)C(=O)NS(=O)(=O)c1ccccc1. The van der Waals surface area contributed by atoms with Crippen molar-refractivity contribution in [3.05, 3.63) is 60.5 Å². The molecule has 5 amide bonds. The molecule has 51 heavy (non-hydrogen) atoms. The number of nitrogens with zero attached hydrogens (tertiary/aromatic N) is 2. The fourth-order valence-electron chi connectivity index (χ4n) is 6.25. The summed E-state index contributed by atoms with van der Waals surface area (Å²) in [5, 5.41) is 9.79. The van der Waals surface area contributed by atoms with E-state index in [4.69, 9.17) is 0 Å². The van der Waals surface area contributed by atoms with Crippen molar-refractivity contribution in [1.82, 2.24) is 29.9 Å². The van der Waals surface area contributed by atoms with Crippen molar-refractivity contribution >= 4 is 55.1 Å². The van der Waals surface area contributed by atoms with Crippen LogP contribution in [0.15, 0.2) is 69.6 Å². The van der Waals surface area contributed by atoms with E-state index in [-0.39, 0.29) is 40.5 Å². The lowest BCUT2D eigenvalue weighted by molar-refractivity contribution is -0.140. The highest BCUT2D eigenvalue weighted by atomic mass is 32.2. The van der Waals surface area contributed by atoms with Gasteiger partial charge in [-0.2, -0.15) is 4.31 Å². The van der Waals surface area contributed by atoms with Gasteiger partial charge in [-0.3, -0.25) is 14.4 Å². The standard InChI is InChI=1S/C34H48N6O8S3/c1-8-23-19-34(23,31(43)38-50(45,46)24-13-10-9-11-14-24)37-30(42)29-25(22(2)3)16-17-40(29)27(41)20-35-32(44)36-26(33(4,5)6)21-39(7)51(47,48)28-15-12-18-49-28/h8-15,18,22-23,25-26,29H,1,16-17,19-21H2,2-7H3,(H,37,42)(H,38,43)(H2,35,36,44)/t23?,25-,26?,29?,34-/m1/s1. The number of carbonyl (C=O) groups is 4. The number of likely N-dealkylation sites (N-methyl/N-ethyl adjacent to an activating group) is 1. The molecule has 3 unspecified atom stereocenters. The molecule has 17 heteroatoms. The van der Waals surface area contributed by atoms with Gasteiger partial charge in [-0.25, -0.2) is 26.4 Å². The molecule has 1 aliphatic carbocycles. The molecule has 5 atom stereocenters. The summed E-state index contributed by atoms with van der Waals surface area (Å²) >= 11 is 1.10. The maximum absolute atomic E-state index is 14.0. The summed E-state index contributed by atoms with van der Waals surface area (Å²) in [6.45, 7) is 12.9. The Labute approximate surface area is 304 Å². The Kier molecular flexibility index (Phi) is 12.1. The van der Waals surface area contributed by atoms with Crippen molar-refractivity contribution < 1.29 is 36.0 Å². The second kappa shape index (κ2) is 15.4. The number of rotatable bonds is 14. The van der Waals surface area contributed by atoms with E-state index in [9.17, 15) is 36.0 Å². The maximum Gasteiger partial charge on any atom is 0.315 e. The number of likely N-dealkylation sites (tertiary alicyclic amines) is 1. The quantitative estimate of drug-likeness (QED) is 0.211. The summed E-state index contributed by atoms with van der Waals surface area (Å²) in [5.41, 5.74) is -2.12. The lowest BCUT2D eigenvalue weighted by atomic mass is 9.87. The van der Waals surface area contributed by atoms with Crippen LogP contribution >= 0.6 is 11.3 Å². The molecule has 280 valence electrons. The minimum Gasteiger partial charge on any atom is -0.339 e. The van der Waals surface area contributed by atoms with Crippen LogP contribution in [0.1, 0.15) is 47.5 Å². The van der Waals surface area contributed by atoms with Crippen LogP contribution < -0.4 is 20.7 Å². The molecule has 0 radical (unpaired) electrons. The van der Waals surface area contributed by atoms with Gasteiger partial charge in [0.2, 0.25) is 11.8 Å². The summed E-state index contributed by atoms with van der Waals surface area (Å²) in [6.07, 6.45) is 2.11. The molecule has 0 spiro atoms. The molecule has 4 N–H and O–H groups in total. The summed E-state index contributed by atoms with van der Waals surface area (Å²) in [4.78, 5) is 55.4. The Morgan fingerprint density at radius 1 is 1.08 bits per heavy atom. The van der Waals surface area contributed by atoms with Crippen molar-refractivity contribution in [2.75, 3.05) is 26.7 Å². The Bertz CT molecular complexity index is 1830. The van der Waals surface area contributed by atoms with Gasteiger partial charge in [0.25, 0.3) is 26.0 Å².